The number of sulfonamides is 1. The summed E-state index contributed by atoms with van der Waals surface area (Å²) in [6.07, 6.45) is 0.887. The van der Waals surface area contributed by atoms with Gasteiger partial charge < -0.3 is 4.90 Å². The van der Waals surface area contributed by atoms with E-state index in [4.69, 9.17) is 11.6 Å². The maximum Gasteiger partial charge on any atom is 0.289 e. The number of amides is 1. The second-order valence-electron chi connectivity index (χ2n) is 9.95. The first kappa shape index (κ1) is 27.7. The highest BCUT2D eigenvalue weighted by atomic mass is 35.5. The largest absolute Gasteiger partial charge is 0.339 e. The van der Waals surface area contributed by atoms with E-state index in [9.17, 15) is 23.3 Å². The highest BCUT2D eigenvalue weighted by Gasteiger charge is 2.38. The van der Waals surface area contributed by atoms with Crippen LogP contribution in [0.1, 0.15) is 34.5 Å². The molecule has 2 aromatic carbocycles. The monoisotopic (exact) mass is 588 g/mol. The number of piperazine rings is 1. The van der Waals surface area contributed by atoms with E-state index in [-0.39, 0.29) is 48.0 Å². The van der Waals surface area contributed by atoms with Gasteiger partial charge in [0, 0.05) is 43.2 Å². The average Bonchev–Trinajstić information content (AvgIpc) is 3.38. The number of carbonyl (C=O) groups is 1. The minimum absolute atomic E-state index is 0.00932. The lowest BCUT2D eigenvalue weighted by Crippen LogP contribution is -2.57. The third kappa shape index (κ3) is 5.33. The van der Waals surface area contributed by atoms with Crippen molar-refractivity contribution < 1.29 is 18.1 Å². The first-order valence-corrected chi connectivity index (χ1v) is 15.4. The third-order valence-corrected chi connectivity index (χ3v) is 10.9. The van der Waals surface area contributed by atoms with Crippen LogP contribution in [0.4, 0.5) is 5.69 Å². The number of benzene rings is 2. The number of nitro groups is 1. The van der Waals surface area contributed by atoms with Gasteiger partial charge in [0.1, 0.15) is 5.02 Å². The van der Waals surface area contributed by atoms with Crippen molar-refractivity contribution in [3.63, 3.8) is 0 Å². The lowest BCUT2D eigenvalue weighted by atomic mass is 9.90. The molecule has 1 fully saturated rings. The van der Waals surface area contributed by atoms with E-state index in [2.05, 4.69) is 35.4 Å². The molecule has 12 heteroatoms. The molecule has 2 aliphatic rings. The van der Waals surface area contributed by atoms with Gasteiger partial charge in [0.2, 0.25) is 15.9 Å². The summed E-state index contributed by atoms with van der Waals surface area (Å²) < 4.78 is 28.0. The van der Waals surface area contributed by atoms with E-state index in [0.29, 0.717) is 0 Å². The predicted molar refractivity (Wildman–Crippen MR) is 151 cm³/mol. The van der Waals surface area contributed by atoms with Gasteiger partial charge in [0.15, 0.2) is 0 Å². The zero-order chi connectivity index (χ0) is 27.9. The predicted octanol–water partition coefficient (Wildman–Crippen LogP) is 4.49. The summed E-state index contributed by atoms with van der Waals surface area (Å²) in [6, 6.07) is 13.4. The third-order valence-electron chi connectivity index (χ3n) is 7.53. The molecule has 3 heterocycles. The Kier molecular flexibility index (Phi) is 7.80. The smallest absolute Gasteiger partial charge is 0.289 e. The van der Waals surface area contributed by atoms with Gasteiger partial charge >= 0.3 is 0 Å². The summed E-state index contributed by atoms with van der Waals surface area (Å²) in [7, 11) is -4.01. The molecule has 39 heavy (non-hydrogen) atoms. The number of halogens is 1. The summed E-state index contributed by atoms with van der Waals surface area (Å²) >= 11 is 7.63. The number of rotatable bonds is 6. The summed E-state index contributed by atoms with van der Waals surface area (Å²) in [6.45, 7) is 5.41. The molecular formula is C27H29ClN4O5S2. The number of aryl methyl sites for hydroxylation is 1. The Bertz CT molecular complexity index is 1530. The first-order chi connectivity index (χ1) is 18.6. The standard InChI is InChI=1S/C27H29ClN4O5S2/c1-18-5-3-4-6-21(18)27-22-10-14-38-25(22)9-11-30(27)17-26(33)29-12-13-31(19(2)16-29)39(36,37)20-7-8-23(28)24(15-20)32(34)35/h3-8,10,14-15,19,27H,9,11-13,16-17H2,1-2H3. The molecule has 3 aromatic rings. The maximum absolute atomic E-state index is 13.5. The van der Waals surface area contributed by atoms with Crippen molar-refractivity contribution in [2.24, 2.45) is 0 Å². The fourth-order valence-electron chi connectivity index (χ4n) is 5.52. The van der Waals surface area contributed by atoms with E-state index in [1.807, 2.05) is 12.1 Å². The average molecular weight is 589 g/mol. The van der Waals surface area contributed by atoms with Gasteiger partial charge in [-0.05, 0) is 60.5 Å². The SMILES string of the molecule is Cc1ccccc1C1c2ccsc2CCN1CC(=O)N1CCN(S(=O)(=O)c2ccc(Cl)c([N+](=O)[O-])c2)C(C)C1. The van der Waals surface area contributed by atoms with Crippen LogP contribution < -0.4 is 0 Å². The normalized spacial score (nSPS) is 20.5. The molecule has 206 valence electrons. The molecule has 0 bridgehead atoms. The summed E-state index contributed by atoms with van der Waals surface area (Å²) in [5, 5.41) is 13.3. The Hall–Kier alpha value is -2.83. The van der Waals surface area contributed by atoms with Crippen LogP contribution in [0.5, 0.6) is 0 Å². The van der Waals surface area contributed by atoms with E-state index in [0.717, 1.165) is 19.0 Å². The van der Waals surface area contributed by atoms with Gasteiger partial charge in [-0.1, -0.05) is 35.9 Å². The molecule has 1 aromatic heterocycles. The van der Waals surface area contributed by atoms with Crippen molar-refractivity contribution in [1.29, 1.82) is 0 Å². The molecule has 2 aliphatic heterocycles. The number of hydrogen-bond acceptors (Lipinski definition) is 7. The topological polar surface area (TPSA) is 104 Å². The van der Waals surface area contributed by atoms with Crippen molar-refractivity contribution in [3.8, 4) is 0 Å². The van der Waals surface area contributed by atoms with Gasteiger partial charge in [0.25, 0.3) is 5.69 Å². The summed E-state index contributed by atoms with van der Waals surface area (Å²) in [5.41, 5.74) is 3.15. The molecule has 5 rings (SSSR count). The van der Waals surface area contributed by atoms with Gasteiger partial charge in [0.05, 0.1) is 22.4 Å². The van der Waals surface area contributed by atoms with Crippen LogP contribution in [0.15, 0.2) is 58.8 Å². The minimum atomic E-state index is -4.01. The van der Waals surface area contributed by atoms with Crippen LogP contribution in [0, 0.1) is 17.0 Å². The van der Waals surface area contributed by atoms with Crippen molar-refractivity contribution in [2.75, 3.05) is 32.7 Å². The Labute approximate surface area is 236 Å². The Morgan fingerprint density at radius 3 is 2.62 bits per heavy atom. The number of hydrogen-bond donors (Lipinski definition) is 0. The molecule has 1 amide bonds. The van der Waals surface area contributed by atoms with E-state index < -0.39 is 26.7 Å². The van der Waals surface area contributed by atoms with Gasteiger partial charge in [-0.25, -0.2) is 8.42 Å². The lowest BCUT2D eigenvalue weighted by molar-refractivity contribution is -0.384. The minimum Gasteiger partial charge on any atom is -0.339 e. The van der Waals surface area contributed by atoms with Crippen LogP contribution in [0.2, 0.25) is 5.02 Å². The van der Waals surface area contributed by atoms with E-state index in [1.54, 1.807) is 23.2 Å². The zero-order valence-electron chi connectivity index (χ0n) is 21.6. The number of fused-ring (bicyclic) bond motifs is 1. The number of nitrogens with zero attached hydrogens (tertiary/aromatic N) is 4. The number of nitro benzene ring substituents is 1. The molecule has 9 nitrogen and oxygen atoms in total. The molecule has 0 N–H and O–H groups in total. The summed E-state index contributed by atoms with van der Waals surface area (Å²) in [4.78, 5) is 29.2. The van der Waals surface area contributed by atoms with Crippen molar-refractivity contribution in [2.45, 2.75) is 37.2 Å². The van der Waals surface area contributed by atoms with Crippen LogP contribution in [-0.2, 0) is 21.2 Å². The highest BCUT2D eigenvalue weighted by Crippen LogP contribution is 2.39. The molecule has 0 aliphatic carbocycles. The second kappa shape index (κ2) is 11.0. The van der Waals surface area contributed by atoms with E-state index >= 15 is 0 Å². The van der Waals surface area contributed by atoms with Gasteiger partial charge in [-0.2, -0.15) is 4.31 Å². The lowest BCUT2D eigenvalue weighted by Gasteiger charge is -2.41. The molecule has 0 radical (unpaired) electrons. The molecule has 2 atom stereocenters. The van der Waals surface area contributed by atoms with Crippen LogP contribution in [0.3, 0.4) is 0 Å². The van der Waals surface area contributed by atoms with Crippen molar-refractivity contribution in [1.82, 2.24) is 14.1 Å². The Morgan fingerprint density at radius 1 is 1.13 bits per heavy atom. The molecule has 0 saturated carbocycles. The molecule has 0 spiro atoms. The van der Waals surface area contributed by atoms with E-state index in [1.165, 1.54) is 38.0 Å². The van der Waals surface area contributed by atoms with Gasteiger partial charge in [-0.15, -0.1) is 11.3 Å². The van der Waals surface area contributed by atoms with Crippen LogP contribution in [0.25, 0.3) is 0 Å². The van der Waals surface area contributed by atoms with Crippen LogP contribution in [-0.4, -0.2) is 72.1 Å². The first-order valence-electron chi connectivity index (χ1n) is 12.7. The maximum atomic E-state index is 13.5. The fourth-order valence-corrected chi connectivity index (χ4v) is 8.25. The zero-order valence-corrected chi connectivity index (χ0v) is 24.0. The Morgan fingerprint density at radius 2 is 1.90 bits per heavy atom. The molecular weight excluding hydrogens is 560 g/mol. The van der Waals surface area contributed by atoms with Gasteiger partial charge in [-0.3, -0.25) is 19.8 Å². The van der Waals surface area contributed by atoms with Crippen molar-refractivity contribution in [3.05, 3.63) is 90.6 Å². The second-order valence-corrected chi connectivity index (χ2v) is 13.3. The Balaban J connectivity index is 1.31. The number of carbonyl (C=O) groups excluding carboxylic acids is 1. The molecule has 2 unspecified atom stereocenters. The summed E-state index contributed by atoms with van der Waals surface area (Å²) in [5.74, 6) is -0.0432. The highest BCUT2D eigenvalue weighted by molar-refractivity contribution is 7.89. The fraction of sp³-hybridized carbons (Fsp3) is 0.370. The molecule has 1 saturated heterocycles. The van der Waals surface area contributed by atoms with Crippen LogP contribution >= 0.6 is 22.9 Å². The number of thiophene rings is 1. The quantitative estimate of drug-likeness (QED) is 0.310. The van der Waals surface area contributed by atoms with Crippen molar-refractivity contribution >= 4 is 44.6 Å².